The molecule has 1 aromatic rings. The smallest absolute Gasteiger partial charge is 0.0392 e. The summed E-state index contributed by atoms with van der Waals surface area (Å²) in [5.41, 5.74) is 10.5. The first-order valence-electron chi connectivity index (χ1n) is 6.30. The fraction of sp³-hybridized carbons (Fsp3) is 0.571. The first-order valence-corrected chi connectivity index (χ1v) is 6.30. The molecule has 88 valence electrons. The van der Waals surface area contributed by atoms with E-state index in [0.29, 0.717) is 6.04 Å². The number of aryl methyl sites for hydroxylation is 2. The Kier molecular flexibility index (Phi) is 3.37. The predicted octanol–water partition coefficient (Wildman–Crippen LogP) is 3.63. The number of benzene rings is 1. The van der Waals surface area contributed by atoms with Crippen LogP contribution in [0.15, 0.2) is 12.1 Å². The topological polar surface area (TPSA) is 38.0 Å². The van der Waals surface area contributed by atoms with Gasteiger partial charge < -0.3 is 11.1 Å². The molecular formula is C14H22N2. The van der Waals surface area contributed by atoms with Crippen molar-refractivity contribution in [3.63, 3.8) is 0 Å². The van der Waals surface area contributed by atoms with E-state index in [2.05, 4.69) is 31.3 Å². The molecule has 0 atom stereocenters. The van der Waals surface area contributed by atoms with Gasteiger partial charge in [0, 0.05) is 17.4 Å². The largest absolute Gasteiger partial charge is 0.398 e. The molecule has 0 amide bonds. The van der Waals surface area contributed by atoms with Gasteiger partial charge in [0.15, 0.2) is 0 Å². The van der Waals surface area contributed by atoms with E-state index in [1.807, 2.05) is 0 Å². The molecule has 0 saturated heterocycles. The number of hydrogen-bond acceptors (Lipinski definition) is 2. The number of nitrogens with two attached hydrogens (primary N) is 1. The zero-order chi connectivity index (χ0) is 11.5. The van der Waals surface area contributed by atoms with Crippen molar-refractivity contribution in [1.82, 2.24) is 0 Å². The summed E-state index contributed by atoms with van der Waals surface area (Å²) >= 11 is 0. The quantitative estimate of drug-likeness (QED) is 0.744. The summed E-state index contributed by atoms with van der Waals surface area (Å²) in [6.45, 7) is 4.21. The van der Waals surface area contributed by atoms with Crippen LogP contribution < -0.4 is 11.1 Å². The summed E-state index contributed by atoms with van der Waals surface area (Å²) in [5, 5.41) is 3.64. The second kappa shape index (κ2) is 4.77. The maximum Gasteiger partial charge on any atom is 0.0392 e. The first-order chi connectivity index (χ1) is 7.66. The van der Waals surface area contributed by atoms with Gasteiger partial charge in [-0.05, 0) is 43.9 Å². The minimum atomic E-state index is 0.648. The van der Waals surface area contributed by atoms with E-state index in [-0.39, 0.29) is 0 Å². The third-order valence-electron chi connectivity index (χ3n) is 3.58. The van der Waals surface area contributed by atoms with Gasteiger partial charge in [-0.2, -0.15) is 0 Å². The Hall–Kier alpha value is -1.18. The molecule has 16 heavy (non-hydrogen) atoms. The lowest BCUT2D eigenvalue weighted by atomic mass is 9.95. The van der Waals surface area contributed by atoms with Crippen molar-refractivity contribution >= 4 is 11.4 Å². The second-order valence-electron chi connectivity index (χ2n) is 5.00. The standard InChI is InChI=1S/C14H22N2/c1-10-8-11(2)14(9-13(10)15)16-12-6-4-3-5-7-12/h8-9,12,16H,3-7,15H2,1-2H3. The molecule has 0 unspecified atom stereocenters. The maximum absolute atomic E-state index is 5.95. The molecule has 1 aliphatic carbocycles. The zero-order valence-corrected chi connectivity index (χ0v) is 10.3. The summed E-state index contributed by atoms with van der Waals surface area (Å²) in [5.74, 6) is 0. The van der Waals surface area contributed by atoms with Gasteiger partial charge in [0.05, 0.1) is 0 Å². The maximum atomic E-state index is 5.95. The van der Waals surface area contributed by atoms with Crippen LogP contribution in [0.4, 0.5) is 11.4 Å². The van der Waals surface area contributed by atoms with Crippen molar-refractivity contribution in [1.29, 1.82) is 0 Å². The van der Waals surface area contributed by atoms with Crippen molar-refractivity contribution in [2.24, 2.45) is 0 Å². The second-order valence-corrected chi connectivity index (χ2v) is 5.00. The summed E-state index contributed by atoms with van der Waals surface area (Å²) in [7, 11) is 0. The number of anilines is 2. The Morgan fingerprint density at radius 3 is 2.44 bits per heavy atom. The molecule has 2 rings (SSSR count). The number of hydrogen-bond donors (Lipinski definition) is 2. The third kappa shape index (κ3) is 2.49. The third-order valence-corrected chi connectivity index (χ3v) is 3.58. The monoisotopic (exact) mass is 218 g/mol. The molecule has 1 fully saturated rings. The predicted molar refractivity (Wildman–Crippen MR) is 70.8 cm³/mol. The highest BCUT2D eigenvalue weighted by atomic mass is 14.9. The SMILES string of the molecule is Cc1cc(C)c(NC2CCCCC2)cc1N. The fourth-order valence-corrected chi connectivity index (χ4v) is 2.49. The summed E-state index contributed by atoms with van der Waals surface area (Å²) < 4.78 is 0. The normalized spacial score (nSPS) is 17.4. The van der Waals surface area contributed by atoms with Crippen LogP contribution in [0.5, 0.6) is 0 Å². The minimum absolute atomic E-state index is 0.648. The van der Waals surface area contributed by atoms with E-state index in [0.717, 1.165) is 5.69 Å². The highest BCUT2D eigenvalue weighted by Gasteiger charge is 2.14. The van der Waals surface area contributed by atoms with E-state index >= 15 is 0 Å². The molecule has 1 saturated carbocycles. The Bertz CT molecular complexity index is 365. The summed E-state index contributed by atoms with van der Waals surface area (Å²) in [6, 6.07) is 4.90. The van der Waals surface area contributed by atoms with Gasteiger partial charge in [-0.15, -0.1) is 0 Å². The Labute approximate surface area is 98.2 Å². The highest BCUT2D eigenvalue weighted by Crippen LogP contribution is 2.26. The Morgan fingerprint density at radius 2 is 1.75 bits per heavy atom. The first kappa shape index (κ1) is 11.3. The van der Waals surface area contributed by atoms with Crippen molar-refractivity contribution in [2.45, 2.75) is 52.0 Å². The van der Waals surface area contributed by atoms with Crippen LogP contribution in [-0.4, -0.2) is 6.04 Å². The van der Waals surface area contributed by atoms with E-state index < -0.39 is 0 Å². The molecule has 1 aromatic carbocycles. The molecule has 0 aromatic heterocycles. The average molecular weight is 218 g/mol. The van der Waals surface area contributed by atoms with Gasteiger partial charge >= 0.3 is 0 Å². The molecule has 2 heteroatoms. The van der Waals surface area contributed by atoms with E-state index in [1.165, 1.54) is 48.9 Å². The van der Waals surface area contributed by atoms with E-state index in [4.69, 9.17) is 5.73 Å². The lowest BCUT2D eigenvalue weighted by molar-refractivity contribution is 0.462. The molecule has 3 N–H and O–H groups in total. The van der Waals surface area contributed by atoms with Gasteiger partial charge in [-0.1, -0.05) is 25.3 Å². The van der Waals surface area contributed by atoms with Crippen LogP contribution >= 0.6 is 0 Å². The van der Waals surface area contributed by atoms with Crippen molar-refractivity contribution in [2.75, 3.05) is 11.1 Å². The van der Waals surface area contributed by atoms with Gasteiger partial charge in [0.2, 0.25) is 0 Å². The molecular weight excluding hydrogens is 196 g/mol. The molecule has 0 bridgehead atoms. The summed E-state index contributed by atoms with van der Waals surface area (Å²) in [6.07, 6.45) is 6.71. The van der Waals surface area contributed by atoms with Crippen LogP contribution in [0.25, 0.3) is 0 Å². The van der Waals surface area contributed by atoms with Crippen molar-refractivity contribution in [3.05, 3.63) is 23.3 Å². The summed E-state index contributed by atoms with van der Waals surface area (Å²) in [4.78, 5) is 0. The molecule has 0 heterocycles. The van der Waals surface area contributed by atoms with Gasteiger partial charge in [-0.25, -0.2) is 0 Å². The van der Waals surface area contributed by atoms with Gasteiger partial charge in [0.1, 0.15) is 0 Å². The van der Waals surface area contributed by atoms with Crippen LogP contribution in [0.2, 0.25) is 0 Å². The number of rotatable bonds is 2. The van der Waals surface area contributed by atoms with Crippen molar-refractivity contribution in [3.8, 4) is 0 Å². The number of nitrogens with one attached hydrogen (secondary N) is 1. The Morgan fingerprint density at radius 1 is 1.06 bits per heavy atom. The van der Waals surface area contributed by atoms with Gasteiger partial charge in [0.25, 0.3) is 0 Å². The molecule has 1 aliphatic rings. The lowest BCUT2D eigenvalue weighted by Crippen LogP contribution is -2.22. The minimum Gasteiger partial charge on any atom is -0.398 e. The van der Waals surface area contributed by atoms with Crippen LogP contribution in [0.1, 0.15) is 43.2 Å². The average Bonchev–Trinajstić information content (AvgIpc) is 2.27. The molecule has 0 radical (unpaired) electrons. The highest BCUT2D eigenvalue weighted by molar-refractivity contribution is 5.63. The Balaban J connectivity index is 2.11. The van der Waals surface area contributed by atoms with E-state index in [9.17, 15) is 0 Å². The molecule has 0 aliphatic heterocycles. The molecule has 0 spiro atoms. The van der Waals surface area contributed by atoms with Crippen LogP contribution in [0.3, 0.4) is 0 Å². The number of nitrogen functional groups attached to an aromatic ring is 1. The zero-order valence-electron chi connectivity index (χ0n) is 10.3. The molecule has 2 nitrogen and oxygen atoms in total. The van der Waals surface area contributed by atoms with Gasteiger partial charge in [-0.3, -0.25) is 0 Å². The van der Waals surface area contributed by atoms with Crippen molar-refractivity contribution < 1.29 is 0 Å². The lowest BCUT2D eigenvalue weighted by Gasteiger charge is -2.25. The van der Waals surface area contributed by atoms with Crippen LogP contribution in [0, 0.1) is 13.8 Å². The van der Waals surface area contributed by atoms with Crippen LogP contribution in [-0.2, 0) is 0 Å². The fourth-order valence-electron chi connectivity index (χ4n) is 2.49. The van der Waals surface area contributed by atoms with E-state index in [1.54, 1.807) is 0 Å².